The highest BCUT2D eigenvalue weighted by atomic mass is 16.6. The van der Waals surface area contributed by atoms with Crippen LogP contribution in [0.4, 0.5) is 0 Å². The fraction of sp³-hybridized carbons (Fsp3) is 0.393. The third kappa shape index (κ3) is 4.86. The molecule has 1 atom stereocenters. The molecule has 2 aliphatic rings. The first-order chi connectivity index (χ1) is 17.5. The van der Waals surface area contributed by atoms with Gasteiger partial charge in [0.1, 0.15) is 24.6 Å². The molecule has 0 aliphatic carbocycles. The Morgan fingerprint density at radius 1 is 1.14 bits per heavy atom. The van der Waals surface area contributed by atoms with Crippen molar-refractivity contribution in [1.82, 2.24) is 14.5 Å². The van der Waals surface area contributed by atoms with Gasteiger partial charge >= 0.3 is 0 Å². The third-order valence-corrected chi connectivity index (χ3v) is 6.71. The number of likely N-dealkylation sites (tertiary alicyclic amines) is 1. The summed E-state index contributed by atoms with van der Waals surface area (Å²) in [6.07, 6.45) is 3.19. The van der Waals surface area contributed by atoms with E-state index in [2.05, 4.69) is 11.1 Å². The summed E-state index contributed by atoms with van der Waals surface area (Å²) >= 11 is 0. The summed E-state index contributed by atoms with van der Waals surface area (Å²) in [6, 6.07) is 11.3. The molecule has 0 saturated carbocycles. The van der Waals surface area contributed by atoms with Crippen LogP contribution in [0.2, 0.25) is 0 Å². The number of rotatable bonds is 5. The monoisotopic (exact) mass is 489 g/mol. The summed E-state index contributed by atoms with van der Waals surface area (Å²) in [6.45, 7) is 8.55. The molecule has 8 nitrogen and oxygen atoms in total. The van der Waals surface area contributed by atoms with E-state index >= 15 is 0 Å². The molecule has 1 amide bonds. The first kappa shape index (κ1) is 24.1. The van der Waals surface area contributed by atoms with Gasteiger partial charge < -0.3 is 23.7 Å². The number of imidazole rings is 1. The van der Waals surface area contributed by atoms with Gasteiger partial charge in [-0.1, -0.05) is 30.3 Å². The fourth-order valence-electron chi connectivity index (χ4n) is 5.03. The molecule has 0 N–H and O–H groups in total. The van der Waals surface area contributed by atoms with Crippen molar-refractivity contribution < 1.29 is 23.8 Å². The van der Waals surface area contributed by atoms with Crippen LogP contribution in [0.3, 0.4) is 0 Å². The van der Waals surface area contributed by atoms with Crippen molar-refractivity contribution >= 4 is 22.7 Å². The summed E-state index contributed by atoms with van der Waals surface area (Å²) in [5.74, 6) is 1.79. The van der Waals surface area contributed by atoms with Gasteiger partial charge in [0.2, 0.25) is 5.91 Å². The maximum absolute atomic E-state index is 13.3. The van der Waals surface area contributed by atoms with Crippen LogP contribution >= 0.6 is 0 Å². The Labute approximate surface area is 210 Å². The van der Waals surface area contributed by atoms with Gasteiger partial charge in [0.05, 0.1) is 31.2 Å². The second kappa shape index (κ2) is 10.5. The number of carbonyl (C=O) groups excluding carboxylic acids is 2. The van der Waals surface area contributed by atoms with Crippen molar-refractivity contribution in [2.45, 2.75) is 32.2 Å². The molecule has 1 saturated heterocycles. The van der Waals surface area contributed by atoms with E-state index in [-0.39, 0.29) is 24.2 Å². The average molecular weight is 490 g/mol. The van der Waals surface area contributed by atoms with Crippen LogP contribution in [0.25, 0.3) is 11.0 Å². The Bertz CT molecular complexity index is 1300. The van der Waals surface area contributed by atoms with Crippen molar-refractivity contribution in [2.24, 2.45) is 0 Å². The van der Waals surface area contributed by atoms with Crippen molar-refractivity contribution in [2.75, 3.05) is 39.5 Å². The first-order valence-corrected chi connectivity index (χ1v) is 12.4. The van der Waals surface area contributed by atoms with E-state index in [1.54, 1.807) is 0 Å². The zero-order valence-corrected chi connectivity index (χ0v) is 20.6. The Kier molecular flexibility index (Phi) is 7.04. The van der Waals surface area contributed by atoms with Gasteiger partial charge in [0, 0.05) is 18.7 Å². The number of benzene rings is 2. The molecule has 0 unspecified atom stereocenters. The lowest BCUT2D eigenvalue weighted by Gasteiger charge is -2.34. The quantitative estimate of drug-likeness (QED) is 0.399. The highest BCUT2D eigenvalue weighted by Gasteiger charge is 2.30. The summed E-state index contributed by atoms with van der Waals surface area (Å²) < 4.78 is 19.8. The number of hydrogen-bond donors (Lipinski definition) is 0. The van der Waals surface area contributed by atoms with E-state index in [1.807, 2.05) is 48.2 Å². The molecular formula is C28H31N3O5. The maximum atomic E-state index is 13.3. The SMILES string of the molecule is C=CC(=O)N1CCC[C@@H](n2c(CC(=O)c3cccc(C)c3)nc3ccc4c(c32)OCCOCCO4)C1. The smallest absolute Gasteiger partial charge is 0.246 e. The predicted molar refractivity (Wildman–Crippen MR) is 136 cm³/mol. The number of aryl methyl sites for hydroxylation is 1. The molecule has 2 aliphatic heterocycles. The minimum absolute atomic E-state index is 0.00431. The van der Waals surface area contributed by atoms with E-state index in [9.17, 15) is 9.59 Å². The second-order valence-corrected chi connectivity index (χ2v) is 9.22. The van der Waals surface area contributed by atoms with Crippen molar-refractivity contribution in [3.8, 4) is 11.5 Å². The highest BCUT2D eigenvalue weighted by molar-refractivity contribution is 5.98. The lowest BCUT2D eigenvalue weighted by molar-refractivity contribution is -0.127. The van der Waals surface area contributed by atoms with Crippen LogP contribution in [0.5, 0.6) is 11.5 Å². The van der Waals surface area contributed by atoms with Crippen molar-refractivity contribution in [1.29, 1.82) is 0 Å². The summed E-state index contributed by atoms with van der Waals surface area (Å²) in [4.78, 5) is 32.5. The zero-order chi connectivity index (χ0) is 25.1. The number of amides is 1. The minimum atomic E-state index is -0.0926. The van der Waals surface area contributed by atoms with Crippen molar-refractivity contribution in [3.05, 3.63) is 66.0 Å². The summed E-state index contributed by atoms with van der Waals surface area (Å²) in [7, 11) is 0. The number of Topliss-reactive ketones (excluding diaryl/α,β-unsaturated/α-hetero) is 1. The minimum Gasteiger partial charge on any atom is -0.487 e. The molecule has 5 rings (SSSR count). The lowest BCUT2D eigenvalue weighted by Crippen LogP contribution is -2.40. The number of nitrogens with zero attached hydrogens (tertiary/aromatic N) is 3. The summed E-state index contributed by atoms with van der Waals surface area (Å²) in [5, 5.41) is 0. The highest BCUT2D eigenvalue weighted by Crippen LogP contribution is 2.40. The number of piperidine rings is 1. The normalized spacial score (nSPS) is 18.2. The molecule has 3 heterocycles. The third-order valence-electron chi connectivity index (χ3n) is 6.71. The molecule has 36 heavy (non-hydrogen) atoms. The van der Waals surface area contributed by atoms with Gasteiger partial charge in [-0.15, -0.1) is 0 Å². The number of carbonyl (C=O) groups is 2. The number of ether oxygens (including phenoxy) is 3. The molecule has 2 aromatic carbocycles. The van der Waals surface area contributed by atoms with Crippen molar-refractivity contribution in [3.63, 3.8) is 0 Å². The Morgan fingerprint density at radius 2 is 1.97 bits per heavy atom. The average Bonchev–Trinajstić information content (AvgIpc) is 3.30. The van der Waals surface area contributed by atoms with Gasteiger partial charge in [-0.3, -0.25) is 9.59 Å². The molecule has 8 heteroatoms. The predicted octanol–water partition coefficient (Wildman–Crippen LogP) is 3.91. The van der Waals surface area contributed by atoms with E-state index in [0.717, 1.165) is 29.4 Å². The van der Waals surface area contributed by atoms with Gasteiger partial charge in [-0.05, 0) is 44.0 Å². The van der Waals surface area contributed by atoms with Gasteiger partial charge in [0.15, 0.2) is 17.3 Å². The zero-order valence-electron chi connectivity index (χ0n) is 20.6. The number of fused-ring (bicyclic) bond motifs is 3. The largest absolute Gasteiger partial charge is 0.487 e. The van der Waals surface area contributed by atoms with E-state index in [0.29, 0.717) is 62.4 Å². The molecule has 188 valence electrons. The Morgan fingerprint density at radius 3 is 2.78 bits per heavy atom. The Hall–Kier alpha value is -3.65. The molecule has 1 aromatic heterocycles. The molecule has 3 aromatic rings. The number of hydrogen-bond acceptors (Lipinski definition) is 6. The number of aromatic nitrogens is 2. The van der Waals surface area contributed by atoms with E-state index in [4.69, 9.17) is 19.2 Å². The number of ketones is 1. The van der Waals surface area contributed by atoms with Gasteiger partial charge in [0.25, 0.3) is 0 Å². The van der Waals surface area contributed by atoms with E-state index in [1.165, 1.54) is 6.08 Å². The van der Waals surface area contributed by atoms with Gasteiger partial charge in [-0.25, -0.2) is 4.98 Å². The molecule has 0 spiro atoms. The van der Waals surface area contributed by atoms with Crippen LogP contribution in [0, 0.1) is 6.92 Å². The van der Waals surface area contributed by atoms with Crippen LogP contribution in [-0.4, -0.2) is 65.7 Å². The molecular weight excluding hydrogens is 458 g/mol. The van der Waals surface area contributed by atoms with Gasteiger partial charge in [-0.2, -0.15) is 0 Å². The van der Waals surface area contributed by atoms with Crippen LogP contribution in [0.15, 0.2) is 49.1 Å². The van der Waals surface area contributed by atoms with Crippen LogP contribution in [-0.2, 0) is 16.0 Å². The fourth-order valence-corrected chi connectivity index (χ4v) is 5.03. The van der Waals surface area contributed by atoms with E-state index < -0.39 is 0 Å². The maximum Gasteiger partial charge on any atom is 0.246 e. The lowest BCUT2D eigenvalue weighted by atomic mass is 10.0. The Balaban J connectivity index is 1.61. The van der Waals surface area contributed by atoms with Crippen LogP contribution in [0.1, 0.15) is 40.6 Å². The summed E-state index contributed by atoms with van der Waals surface area (Å²) in [5.41, 5.74) is 3.21. The molecule has 0 radical (unpaired) electrons. The molecule has 1 fully saturated rings. The second-order valence-electron chi connectivity index (χ2n) is 9.22. The molecule has 0 bridgehead atoms. The standard InChI is InChI=1S/C28H31N3O5/c1-3-26(33)30-11-5-8-21(18-30)31-25(17-23(32)20-7-4-6-19(2)16-20)29-22-9-10-24-28(27(22)31)36-15-13-34-12-14-35-24/h3-4,6-7,9-10,16,21H,1,5,8,11-15,17-18H2,2H3/t21-/m1/s1. The first-order valence-electron chi connectivity index (χ1n) is 12.4. The van der Waals surface area contributed by atoms with Crippen LogP contribution < -0.4 is 9.47 Å². The topological polar surface area (TPSA) is 82.9 Å².